The third-order valence-corrected chi connectivity index (χ3v) is 17.6. The van der Waals surface area contributed by atoms with Gasteiger partial charge < -0.3 is 20.3 Å². The molecule has 6 heteroatoms. The number of carbonyl (C=O) groups is 2. The monoisotopic (exact) mass is 1180 g/mol. The highest BCUT2D eigenvalue weighted by Gasteiger charge is 2.18. The summed E-state index contributed by atoms with van der Waals surface area (Å²) in [5.41, 5.74) is 0. The van der Waals surface area contributed by atoms with E-state index in [1.807, 2.05) is 6.08 Å². The molecular formula is C78H147NO5. The molecule has 0 heterocycles. The van der Waals surface area contributed by atoms with Gasteiger partial charge in [0.2, 0.25) is 5.91 Å². The summed E-state index contributed by atoms with van der Waals surface area (Å²) in [6.07, 6.45) is 96.4. The Kier molecular flexibility index (Phi) is 71.4. The first kappa shape index (κ1) is 81.8. The largest absolute Gasteiger partial charge is 0.466 e. The van der Waals surface area contributed by atoms with Crippen LogP contribution in [-0.2, 0) is 14.3 Å². The summed E-state index contributed by atoms with van der Waals surface area (Å²) in [5, 5.41) is 23.3. The highest BCUT2D eigenvalue weighted by molar-refractivity contribution is 5.76. The first-order valence-electron chi connectivity index (χ1n) is 37.9. The van der Waals surface area contributed by atoms with Gasteiger partial charge in [0.15, 0.2) is 0 Å². The van der Waals surface area contributed by atoms with Crippen molar-refractivity contribution in [3.63, 3.8) is 0 Å². The smallest absolute Gasteiger partial charge is 0.305 e. The Morgan fingerprint density at radius 2 is 0.595 bits per heavy atom. The van der Waals surface area contributed by atoms with E-state index in [1.54, 1.807) is 6.08 Å². The van der Waals surface area contributed by atoms with Gasteiger partial charge in [-0.1, -0.05) is 358 Å². The molecule has 1 amide bonds. The number of unbranched alkanes of at least 4 members (excludes halogenated alkanes) is 54. The number of rotatable bonds is 71. The summed E-state index contributed by atoms with van der Waals surface area (Å²) in [5.74, 6) is -0.0596. The molecular weight excluding hydrogens is 1030 g/mol. The van der Waals surface area contributed by atoms with Crippen molar-refractivity contribution in [1.29, 1.82) is 0 Å². The molecule has 0 aromatic carbocycles. The van der Waals surface area contributed by atoms with Gasteiger partial charge in [0.25, 0.3) is 0 Å². The quantitative estimate of drug-likeness (QED) is 0.0320. The van der Waals surface area contributed by atoms with Crippen LogP contribution in [0, 0.1) is 0 Å². The maximum atomic E-state index is 12.5. The molecule has 0 fully saturated rings. The number of esters is 1. The van der Waals surface area contributed by atoms with Crippen LogP contribution in [0.5, 0.6) is 0 Å². The van der Waals surface area contributed by atoms with Crippen LogP contribution in [0.2, 0.25) is 0 Å². The third kappa shape index (κ3) is 68.9. The Bertz CT molecular complexity index is 1400. The molecule has 0 spiro atoms. The fraction of sp³-hybridized carbons (Fsp3) is 0.872. The predicted octanol–water partition coefficient (Wildman–Crippen LogP) is 24.8. The fourth-order valence-corrected chi connectivity index (χ4v) is 11.8. The molecule has 0 rings (SSSR count). The average Bonchev–Trinajstić information content (AvgIpc) is 3.51. The summed E-state index contributed by atoms with van der Waals surface area (Å²) in [7, 11) is 0. The number of nitrogens with one attached hydrogen (secondary N) is 1. The van der Waals surface area contributed by atoms with E-state index in [1.165, 1.54) is 334 Å². The number of carbonyl (C=O) groups excluding carboxylic acids is 2. The van der Waals surface area contributed by atoms with Crippen molar-refractivity contribution in [2.75, 3.05) is 13.2 Å². The van der Waals surface area contributed by atoms with E-state index in [-0.39, 0.29) is 18.5 Å². The van der Waals surface area contributed by atoms with Gasteiger partial charge in [-0.15, -0.1) is 0 Å². The number of allylic oxidation sites excluding steroid dienone is 7. The van der Waals surface area contributed by atoms with Crippen LogP contribution in [0.15, 0.2) is 48.6 Å². The Hall–Kier alpha value is -2.18. The SMILES string of the molecule is CCCCC/C=C\C/C=C\CCCCCCCC(=O)OCCCCCCCCCCCCCC/C=C\CCCCCCCCCCCCCCCCC(=O)NC(CO)C(O)/C=C/CCCCCCCCCCCCCCCCCCCCCC. The zero-order valence-corrected chi connectivity index (χ0v) is 56.6. The van der Waals surface area contributed by atoms with Crippen LogP contribution in [-0.4, -0.2) is 47.4 Å². The lowest BCUT2D eigenvalue weighted by atomic mass is 10.0. The van der Waals surface area contributed by atoms with Crippen molar-refractivity contribution >= 4 is 11.9 Å². The Morgan fingerprint density at radius 1 is 0.333 bits per heavy atom. The molecule has 0 saturated carbocycles. The molecule has 6 nitrogen and oxygen atoms in total. The number of amides is 1. The second-order valence-corrected chi connectivity index (χ2v) is 26.0. The van der Waals surface area contributed by atoms with Gasteiger partial charge >= 0.3 is 5.97 Å². The summed E-state index contributed by atoms with van der Waals surface area (Å²) >= 11 is 0. The minimum absolute atomic E-state index is 0.00308. The van der Waals surface area contributed by atoms with E-state index in [4.69, 9.17) is 4.74 Å². The van der Waals surface area contributed by atoms with Crippen LogP contribution >= 0.6 is 0 Å². The van der Waals surface area contributed by atoms with Gasteiger partial charge in [-0.2, -0.15) is 0 Å². The normalized spacial score (nSPS) is 12.8. The van der Waals surface area contributed by atoms with E-state index in [2.05, 4.69) is 55.6 Å². The van der Waals surface area contributed by atoms with Crippen LogP contribution < -0.4 is 5.32 Å². The number of hydrogen-bond acceptors (Lipinski definition) is 5. The van der Waals surface area contributed by atoms with Gasteiger partial charge in [-0.3, -0.25) is 9.59 Å². The van der Waals surface area contributed by atoms with Crippen LogP contribution in [0.1, 0.15) is 412 Å². The van der Waals surface area contributed by atoms with Crippen LogP contribution in [0.4, 0.5) is 0 Å². The average molecular weight is 1180 g/mol. The van der Waals surface area contributed by atoms with E-state index >= 15 is 0 Å². The van der Waals surface area contributed by atoms with Crippen molar-refractivity contribution in [2.45, 2.75) is 424 Å². The topological polar surface area (TPSA) is 95.9 Å². The van der Waals surface area contributed by atoms with Crippen LogP contribution in [0.3, 0.4) is 0 Å². The summed E-state index contributed by atoms with van der Waals surface area (Å²) < 4.78 is 5.49. The number of ether oxygens (including phenoxy) is 1. The lowest BCUT2D eigenvalue weighted by Crippen LogP contribution is -2.45. The number of hydrogen-bond donors (Lipinski definition) is 3. The lowest BCUT2D eigenvalue weighted by Gasteiger charge is -2.20. The second kappa shape index (κ2) is 73.3. The van der Waals surface area contributed by atoms with E-state index in [0.29, 0.717) is 19.4 Å². The maximum Gasteiger partial charge on any atom is 0.305 e. The standard InChI is InChI=1S/C78H147NO5/c1-3-5-7-9-11-13-15-17-19-20-21-22-33-36-39-43-46-50-54-58-62-66-70-76(81)75(74-80)79-77(82)71-67-63-59-55-51-47-44-40-37-34-31-29-27-25-23-24-26-28-30-32-35-38-41-45-49-53-57-61-65-69-73-84-78(83)72-68-64-60-56-52-48-42-18-16-14-12-10-8-6-4-2/h12,14,18,24,26,42,66,70,75-76,80-81H,3-11,13,15-17,19-23,25,27-41,43-65,67-69,71-74H2,1-2H3,(H,79,82)/b14-12-,26-24-,42-18-,70-66+. The van der Waals surface area contributed by atoms with Gasteiger partial charge in [-0.25, -0.2) is 0 Å². The van der Waals surface area contributed by atoms with Gasteiger partial charge in [0.05, 0.1) is 25.4 Å². The molecule has 494 valence electrons. The minimum Gasteiger partial charge on any atom is -0.466 e. The predicted molar refractivity (Wildman–Crippen MR) is 370 cm³/mol. The molecule has 2 atom stereocenters. The summed E-state index contributed by atoms with van der Waals surface area (Å²) in [6.45, 7) is 4.91. The molecule has 0 radical (unpaired) electrons. The van der Waals surface area contributed by atoms with Crippen molar-refractivity contribution in [3.8, 4) is 0 Å². The summed E-state index contributed by atoms with van der Waals surface area (Å²) in [4.78, 5) is 24.6. The van der Waals surface area contributed by atoms with Gasteiger partial charge in [-0.05, 0) is 89.9 Å². The molecule has 0 aromatic rings. The minimum atomic E-state index is -0.845. The van der Waals surface area contributed by atoms with Crippen molar-refractivity contribution in [2.24, 2.45) is 0 Å². The van der Waals surface area contributed by atoms with E-state index in [9.17, 15) is 19.8 Å². The molecule has 0 saturated heterocycles. The molecule has 0 aromatic heterocycles. The van der Waals surface area contributed by atoms with Crippen molar-refractivity contribution in [3.05, 3.63) is 48.6 Å². The zero-order valence-electron chi connectivity index (χ0n) is 56.6. The number of aliphatic hydroxyl groups is 2. The molecule has 3 N–H and O–H groups in total. The highest BCUT2D eigenvalue weighted by atomic mass is 16.5. The van der Waals surface area contributed by atoms with Crippen LogP contribution in [0.25, 0.3) is 0 Å². The zero-order chi connectivity index (χ0) is 60.6. The fourth-order valence-electron chi connectivity index (χ4n) is 11.8. The number of aliphatic hydroxyl groups excluding tert-OH is 2. The van der Waals surface area contributed by atoms with Gasteiger partial charge in [0, 0.05) is 12.8 Å². The first-order valence-corrected chi connectivity index (χ1v) is 37.9. The maximum absolute atomic E-state index is 12.5. The summed E-state index contributed by atoms with van der Waals surface area (Å²) in [6, 6.07) is -0.629. The Morgan fingerprint density at radius 3 is 0.940 bits per heavy atom. The van der Waals surface area contributed by atoms with Crippen molar-refractivity contribution < 1.29 is 24.5 Å². The van der Waals surface area contributed by atoms with E-state index in [0.717, 1.165) is 51.4 Å². The van der Waals surface area contributed by atoms with Crippen molar-refractivity contribution in [1.82, 2.24) is 5.32 Å². The molecule has 2 unspecified atom stereocenters. The lowest BCUT2D eigenvalue weighted by molar-refractivity contribution is -0.143. The molecule has 84 heavy (non-hydrogen) atoms. The molecule has 0 aliphatic rings. The molecule has 0 aliphatic heterocycles. The first-order chi connectivity index (χ1) is 41.5. The molecule has 0 aliphatic carbocycles. The second-order valence-electron chi connectivity index (χ2n) is 26.0. The highest BCUT2D eigenvalue weighted by Crippen LogP contribution is 2.19. The Labute approximate surface area is 525 Å². The third-order valence-electron chi connectivity index (χ3n) is 17.6. The molecule has 0 bridgehead atoms. The van der Waals surface area contributed by atoms with Gasteiger partial charge in [0.1, 0.15) is 0 Å². The van der Waals surface area contributed by atoms with E-state index < -0.39 is 12.1 Å². The Balaban J connectivity index is 3.40.